The Morgan fingerprint density at radius 2 is 1.93 bits per heavy atom. The molecule has 3 aromatic rings. The Labute approximate surface area is 181 Å². The number of esters is 1. The van der Waals surface area contributed by atoms with E-state index >= 15 is 0 Å². The Morgan fingerprint density at radius 3 is 2.63 bits per heavy atom. The summed E-state index contributed by atoms with van der Waals surface area (Å²) in [5.41, 5.74) is 1.59. The number of furan rings is 1. The van der Waals surface area contributed by atoms with Crippen molar-refractivity contribution in [1.29, 1.82) is 0 Å². The van der Waals surface area contributed by atoms with Crippen LogP contribution in [0.3, 0.4) is 0 Å². The van der Waals surface area contributed by atoms with Crippen molar-refractivity contribution in [3.05, 3.63) is 82.7 Å². The molecule has 5 nitrogen and oxygen atoms in total. The normalized spacial score (nSPS) is 15.1. The lowest BCUT2D eigenvalue weighted by molar-refractivity contribution is -0.113. The summed E-state index contributed by atoms with van der Waals surface area (Å²) < 4.78 is 24.4. The standard InChI is InChI=1S/C22H14FNO4S2/c1-27-21(26)14-7-5-13(6-8-14)18-10-9-17(28-18)12-19-20(25)24(22(29)30-19)16-4-2-3-15(23)11-16/h2-12H,1H3/b19-12-. The number of amides is 1. The van der Waals surface area contributed by atoms with Gasteiger partial charge in [0.05, 0.1) is 23.3 Å². The molecule has 1 amide bonds. The number of ether oxygens (including phenoxy) is 1. The van der Waals surface area contributed by atoms with Crippen LogP contribution in [0.5, 0.6) is 0 Å². The Kier molecular flexibility index (Phi) is 5.52. The molecule has 1 aliphatic heterocycles. The molecule has 0 unspecified atom stereocenters. The molecular weight excluding hydrogens is 425 g/mol. The van der Waals surface area contributed by atoms with E-state index in [1.165, 1.54) is 30.2 Å². The van der Waals surface area contributed by atoms with Gasteiger partial charge in [-0.1, -0.05) is 42.2 Å². The van der Waals surface area contributed by atoms with E-state index in [-0.39, 0.29) is 5.91 Å². The number of methoxy groups -OCH3 is 1. The summed E-state index contributed by atoms with van der Waals surface area (Å²) in [5.74, 6) is -0.141. The number of hydrogen-bond donors (Lipinski definition) is 0. The highest BCUT2D eigenvalue weighted by Crippen LogP contribution is 2.36. The van der Waals surface area contributed by atoms with Gasteiger partial charge in [0.25, 0.3) is 5.91 Å². The molecule has 0 radical (unpaired) electrons. The Bertz CT molecular complexity index is 1180. The molecular formula is C22H14FNO4S2. The van der Waals surface area contributed by atoms with E-state index < -0.39 is 11.8 Å². The molecule has 0 spiro atoms. The van der Waals surface area contributed by atoms with E-state index in [0.29, 0.717) is 32.0 Å². The number of carbonyl (C=O) groups is 2. The van der Waals surface area contributed by atoms with Gasteiger partial charge < -0.3 is 9.15 Å². The first-order chi connectivity index (χ1) is 14.5. The number of thiocarbonyl (C=S) groups is 1. The third-order valence-corrected chi connectivity index (χ3v) is 5.65. The van der Waals surface area contributed by atoms with Crippen LogP contribution in [0.15, 0.2) is 70.0 Å². The number of anilines is 1. The average molecular weight is 439 g/mol. The number of nitrogens with zero attached hydrogens (tertiary/aromatic N) is 1. The predicted octanol–water partition coefficient (Wildman–Crippen LogP) is 5.28. The smallest absolute Gasteiger partial charge is 0.337 e. The van der Waals surface area contributed by atoms with E-state index in [1.807, 2.05) is 0 Å². The zero-order chi connectivity index (χ0) is 21.3. The summed E-state index contributed by atoms with van der Waals surface area (Å²) in [7, 11) is 1.33. The molecule has 0 N–H and O–H groups in total. The summed E-state index contributed by atoms with van der Waals surface area (Å²) in [6, 6.07) is 16.0. The van der Waals surface area contributed by atoms with E-state index in [0.717, 1.165) is 17.3 Å². The molecule has 1 aliphatic rings. The second-order valence-corrected chi connectivity index (χ2v) is 7.94. The maximum absolute atomic E-state index is 13.5. The van der Waals surface area contributed by atoms with Gasteiger partial charge >= 0.3 is 5.97 Å². The second kappa shape index (κ2) is 8.25. The predicted molar refractivity (Wildman–Crippen MR) is 118 cm³/mol. The first-order valence-electron chi connectivity index (χ1n) is 8.78. The van der Waals surface area contributed by atoms with Crippen LogP contribution in [0.2, 0.25) is 0 Å². The minimum Gasteiger partial charge on any atom is -0.465 e. The maximum Gasteiger partial charge on any atom is 0.337 e. The number of carbonyl (C=O) groups excluding carboxylic acids is 2. The molecule has 0 saturated carbocycles. The largest absolute Gasteiger partial charge is 0.465 e. The van der Waals surface area contributed by atoms with Crippen LogP contribution < -0.4 is 4.90 Å². The molecule has 0 atom stereocenters. The number of halogens is 1. The lowest BCUT2D eigenvalue weighted by Crippen LogP contribution is -2.27. The summed E-state index contributed by atoms with van der Waals surface area (Å²) in [6.45, 7) is 0. The van der Waals surface area contributed by atoms with Gasteiger partial charge in [-0.3, -0.25) is 9.69 Å². The summed E-state index contributed by atoms with van der Waals surface area (Å²) in [6.07, 6.45) is 1.60. The van der Waals surface area contributed by atoms with Crippen molar-refractivity contribution in [2.75, 3.05) is 12.0 Å². The van der Waals surface area contributed by atoms with Crippen molar-refractivity contribution >= 4 is 51.9 Å². The number of benzene rings is 2. The first kappa shape index (κ1) is 20.1. The zero-order valence-corrected chi connectivity index (χ0v) is 17.3. The number of thioether (sulfide) groups is 1. The molecule has 0 aliphatic carbocycles. The van der Waals surface area contributed by atoms with E-state index in [4.69, 9.17) is 16.6 Å². The molecule has 1 aromatic heterocycles. The molecule has 2 heterocycles. The lowest BCUT2D eigenvalue weighted by Gasteiger charge is -2.14. The van der Waals surface area contributed by atoms with E-state index in [9.17, 15) is 14.0 Å². The third kappa shape index (κ3) is 3.92. The van der Waals surface area contributed by atoms with Crippen molar-refractivity contribution in [2.45, 2.75) is 0 Å². The van der Waals surface area contributed by atoms with Crippen LogP contribution in [0.1, 0.15) is 16.1 Å². The second-order valence-electron chi connectivity index (χ2n) is 6.27. The van der Waals surface area contributed by atoms with Crippen molar-refractivity contribution in [3.63, 3.8) is 0 Å². The SMILES string of the molecule is COC(=O)c1ccc(-c2ccc(/C=C3\SC(=S)N(c4cccc(F)c4)C3=O)o2)cc1. The molecule has 1 fully saturated rings. The van der Waals surface area contributed by atoms with Crippen LogP contribution in [0.25, 0.3) is 17.4 Å². The van der Waals surface area contributed by atoms with Crippen LogP contribution in [-0.2, 0) is 9.53 Å². The van der Waals surface area contributed by atoms with Crippen LogP contribution in [-0.4, -0.2) is 23.3 Å². The molecule has 30 heavy (non-hydrogen) atoms. The molecule has 150 valence electrons. The van der Waals surface area contributed by atoms with Gasteiger partial charge in [-0.05, 0) is 42.5 Å². The summed E-state index contributed by atoms with van der Waals surface area (Å²) in [5, 5.41) is 0. The van der Waals surface area contributed by atoms with Crippen molar-refractivity contribution in [1.82, 2.24) is 0 Å². The fourth-order valence-corrected chi connectivity index (χ4v) is 4.19. The van der Waals surface area contributed by atoms with Gasteiger partial charge in [-0.15, -0.1) is 0 Å². The van der Waals surface area contributed by atoms with Crippen LogP contribution in [0, 0.1) is 5.82 Å². The van der Waals surface area contributed by atoms with Gasteiger partial charge in [0, 0.05) is 11.6 Å². The molecule has 1 saturated heterocycles. The van der Waals surface area contributed by atoms with Gasteiger partial charge in [-0.25, -0.2) is 9.18 Å². The fraction of sp³-hybridized carbons (Fsp3) is 0.0455. The van der Waals surface area contributed by atoms with Gasteiger partial charge in [0.1, 0.15) is 17.3 Å². The van der Waals surface area contributed by atoms with Crippen LogP contribution >= 0.6 is 24.0 Å². The minimum absolute atomic E-state index is 0.321. The van der Waals surface area contributed by atoms with E-state index in [1.54, 1.807) is 48.5 Å². The van der Waals surface area contributed by atoms with Crippen LogP contribution in [0.4, 0.5) is 10.1 Å². The van der Waals surface area contributed by atoms with E-state index in [2.05, 4.69) is 4.74 Å². The molecule has 2 aromatic carbocycles. The monoisotopic (exact) mass is 439 g/mol. The Hall–Kier alpha value is -3.23. The van der Waals surface area contributed by atoms with Gasteiger partial charge in [0.15, 0.2) is 4.32 Å². The highest BCUT2D eigenvalue weighted by molar-refractivity contribution is 8.27. The number of rotatable bonds is 4. The third-order valence-electron chi connectivity index (χ3n) is 4.35. The molecule has 4 rings (SSSR count). The Balaban J connectivity index is 1.56. The van der Waals surface area contributed by atoms with Crippen molar-refractivity contribution < 1.29 is 23.1 Å². The molecule has 8 heteroatoms. The highest BCUT2D eigenvalue weighted by atomic mass is 32.2. The number of hydrogen-bond acceptors (Lipinski definition) is 6. The quantitative estimate of drug-likeness (QED) is 0.313. The first-order valence-corrected chi connectivity index (χ1v) is 10.0. The fourth-order valence-electron chi connectivity index (χ4n) is 2.91. The topological polar surface area (TPSA) is 59.8 Å². The van der Waals surface area contributed by atoms with Gasteiger partial charge in [0.2, 0.25) is 0 Å². The maximum atomic E-state index is 13.5. The zero-order valence-electron chi connectivity index (χ0n) is 15.6. The highest BCUT2D eigenvalue weighted by Gasteiger charge is 2.33. The molecule has 0 bridgehead atoms. The van der Waals surface area contributed by atoms with Crippen molar-refractivity contribution in [2.24, 2.45) is 0 Å². The summed E-state index contributed by atoms with van der Waals surface area (Å²) >= 11 is 6.42. The minimum atomic E-state index is -0.445. The average Bonchev–Trinajstić information content (AvgIpc) is 3.32. The van der Waals surface area contributed by atoms with Crippen molar-refractivity contribution in [3.8, 4) is 11.3 Å². The Morgan fingerprint density at radius 1 is 1.17 bits per heavy atom. The lowest BCUT2D eigenvalue weighted by atomic mass is 10.1. The van der Waals surface area contributed by atoms with Gasteiger partial charge in [-0.2, -0.15) is 0 Å². The summed E-state index contributed by atoms with van der Waals surface area (Å²) in [4.78, 5) is 26.0.